The number of likely N-dealkylation sites (tertiary alicyclic amines) is 1. The summed E-state index contributed by atoms with van der Waals surface area (Å²) in [5.41, 5.74) is 1.26. The van der Waals surface area contributed by atoms with E-state index in [4.69, 9.17) is 5.11 Å². The van der Waals surface area contributed by atoms with Crippen LogP contribution in [0, 0.1) is 0 Å². The lowest BCUT2D eigenvalue weighted by molar-refractivity contribution is -0.142. The lowest BCUT2D eigenvalue weighted by Gasteiger charge is -2.20. The average Bonchev–Trinajstić information content (AvgIpc) is 2.93. The number of amides is 1. The van der Waals surface area contributed by atoms with Crippen molar-refractivity contribution in [3.8, 4) is 0 Å². The third kappa shape index (κ3) is 4.86. The molecular formula is C16H22N2O3. The largest absolute Gasteiger partial charge is 0.480 e. The molecule has 21 heavy (non-hydrogen) atoms. The van der Waals surface area contributed by atoms with E-state index in [1.807, 2.05) is 18.2 Å². The molecular weight excluding hydrogens is 268 g/mol. The Hall–Kier alpha value is -1.88. The minimum atomic E-state index is -0.829. The molecule has 1 aliphatic rings. The molecule has 2 N–H and O–H groups in total. The highest BCUT2D eigenvalue weighted by Crippen LogP contribution is 2.16. The second-order valence-corrected chi connectivity index (χ2v) is 5.41. The highest BCUT2D eigenvalue weighted by atomic mass is 16.4. The molecule has 0 unspecified atom stereocenters. The van der Waals surface area contributed by atoms with Crippen LogP contribution in [0.1, 0.15) is 24.8 Å². The second-order valence-electron chi connectivity index (χ2n) is 5.41. The third-order valence-corrected chi connectivity index (χ3v) is 3.80. The molecule has 1 aromatic carbocycles. The van der Waals surface area contributed by atoms with E-state index >= 15 is 0 Å². The molecule has 1 aromatic rings. The predicted molar refractivity (Wildman–Crippen MR) is 80.0 cm³/mol. The summed E-state index contributed by atoms with van der Waals surface area (Å²) >= 11 is 0. The fourth-order valence-corrected chi connectivity index (χ4v) is 2.70. The Kier molecular flexibility index (Phi) is 5.75. The van der Waals surface area contributed by atoms with E-state index in [0.29, 0.717) is 19.5 Å². The van der Waals surface area contributed by atoms with Gasteiger partial charge in [0.15, 0.2) is 0 Å². The van der Waals surface area contributed by atoms with Gasteiger partial charge in [-0.05, 0) is 37.8 Å². The number of rotatable bonds is 7. The molecule has 1 fully saturated rings. The number of benzene rings is 1. The highest BCUT2D eigenvalue weighted by Gasteiger charge is 2.31. The van der Waals surface area contributed by atoms with Gasteiger partial charge in [0.2, 0.25) is 5.91 Å². The van der Waals surface area contributed by atoms with E-state index in [1.165, 1.54) is 5.56 Å². The Morgan fingerprint density at radius 1 is 1.29 bits per heavy atom. The SMILES string of the molecule is O=C(CN1CCC[C@@H]1C(=O)O)NCCCc1ccccc1. The predicted octanol–water partition coefficient (Wildman–Crippen LogP) is 1.28. The van der Waals surface area contributed by atoms with E-state index in [1.54, 1.807) is 4.90 Å². The van der Waals surface area contributed by atoms with Crippen LogP contribution in [0.25, 0.3) is 0 Å². The first kappa shape index (κ1) is 15.5. The summed E-state index contributed by atoms with van der Waals surface area (Å²) in [7, 11) is 0. The van der Waals surface area contributed by atoms with Crippen LogP contribution in [0.3, 0.4) is 0 Å². The first-order chi connectivity index (χ1) is 10.2. The molecule has 0 aromatic heterocycles. The maximum absolute atomic E-state index is 11.8. The van der Waals surface area contributed by atoms with E-state index < -0.39 is 12.0 Å². The third-order valence-electron chi connectivity index (χ3n) is 3.80. The number of aryl methyl sites for hydroxylation is 1. The lowest BCUT2D eigenvalue weighted by atomic mass is 10.1. The number of carbonyl (C=O) groups is 2. The molecule has 5 heteroatoms. The van der Waals surface area contributed by atoms with Crippen LogP contribution in [-0.2, 0) is 16.0 Å². The van der Waals surface area contributed by atoms with Gasteiger partial charge in [-0.15, -0.1) is 0 Å². The van der Waals surface area contributed by atoms with E-state index in [-0.39, 0.29) is 12.5 Å². The Morgan fingerprint density at radius 3 is 2.76 bits per heavy atom. The summed E-state index contributed by atoms with van der Waals surface area (Å²) in [5.74, 6) is -0.916. The minimum Gasteiger partial charge on any atom is -0.480 e. The number of hydrogen-bond donors (Lipinski definition) is 2. The van der Waals surface area contributed by atoms with Crippen molar-refractivity contribution in [1.82, 2.24) is 10.2 Å². The number of nitrogens with one attached hydrogen (secondary N) is 1. The topological polar surface area (TPSA) is 69.6 Å². The average molecular weight is 290 g/mol. The van der Waals surface area contributed by atoms with Crippen molar-refractivity contribution in [3.05, 3.63) is 35.9 Å². The zero-order valence-corrected chi connectivity index (χ0v) is 12.1. The first-order valence-corrected chi connectivity index (χ1v) is 7.44. The highest BCUT2D eigenvalue weighted by molar-refractivity contribution is 5.80. The number of carbonyl (C=O) groups excluding carboxylic acids is 1. The Labute approximate surface area is 125 Å². The zero-order chi connectivity index (χ0) is 15.1. The Morgan fingerprint density at radius 2 is 2.05 bits per heavy atom. The minimum absolute atomic E-state index is 0.0868. The molecule has 1 heterocycles. The van der Waals surface area contributed by atoms with E-state index in [9.17, 15) is 9.59 Å². The van der Waals surface area contributed by atoms with Crippen LogP contribution in [0.2, 0.25) is 0 Å². The van der Waals surface area contributed by atoms with Crippen molar-refractivity contribution < 1.29 is 14.7 Å². The van der Waals surface area contributed by atoms with Gasteiger partial charge in [0, 0.05) is 6.54 Å². The Bertz CT molecular complexity index is 476. The van der Waals surface area contributed by atoms with Crippen LogP contribution in [0.5, 0.6) is 0 Å². The monoisotopic (exact) mass is 290 g/mol. The summed E-state index contributed by atoms with van der Waals surface area (Å²) in [4.78, 5) is 24.6. The van der Waals surface area contributed by atoms with Gasteiger partial charge in [0.1, 0.15) is 6.04 Å². The van der Waals surface area contributed by atoms with Crippen molar-refractivity contribution in [2.75, 3.05) is 19.6 Å². The molecule has 2 rings (SSSR count). The lowest BCUT2D eigenvalue weighted by Crippen LogP contribution is -2.43. The number of nitrogens with zero attached hydrogens (tertiary/aromatic N) is 1. The molecule has 0 bridgehead atoms. The van der Waals surface area contributed by atoms with Gasteiger partial charge in [-0.25, -0.2) is 0 Å². The van der Waals surface area contributed by atoms with Crippen molar-refractivity contribution in [1.29, 1.82) is 0 Å². The number of hydrogen-bond acceptors (Lipinski definition) is 3. The molecule has 1 aliphatic heterocycles. The number of aliphatic carboxylic acids is 1. The van der Waals surface area contributed by atoms with Crippen LogP contribution in [0.4, 0.5) is 0 Å². The summed E-state index contributed by atoms with van der Waals surface area (Å²) in [5, 5.41) is 11.9. The normalized spacial score (nSPS) is 18.6. The fraction of sp³-hybridized carbons (Fsp3) is 0.500. The smallest absolute Gasteiger partial charge is 0.320 e. The molecule has 114 valence electrons. The summed E-state index contributed by atoms with van der Waals surface area (Å²) in [6, 6.07) is 9.65. The van der Waals surface area contributed by atoms with Gasteiger partial charge >= 0.3 is 5.97 Å². The van der Waals surface area contributed by atoms with Crippen LogP contribution < -0.4 is 5.32 Å². The summed E-state index contributed by atoms with van der Waals surface area (Å²) in [6.07, 6.45) is 3.30. The van der Waals surface area contributed by atoms with Crippen LogP contribution in [0.15, 0.2) is 30.3 Å². The van der Waals surface area contributed by atoms with Crippen molar-refractivity contribution >= 4 is 11.9 Å². The van der Waals surface area contributed by atoms with Gasteiger partial charge in [-0.1, -0.05) is 30.3 Å². The molecule has 0 spiro atoms. The second kappa shape index (κ2) is 7.78. The number of carboxylic acids is 1. The maximum Gasteiger partial charge on any atom is 0.320 e. The quantitative estimate of drug-likeness (QED) is 0.742. The van der Waals surface area contributed by atoms with Crippen LogP contribution >= 0.6 is 0 Å². The van der Waals surface area contributed by atoms with E-state index in [2.05, 4.69) is 17.4 Å². The molecule has 1 saturated heterocycles. The van der Waals surface area contributed by atoms with Crippen molar-refractivity contribution in [3.63, 3.8) is 0 Å². The molecule has 0 radical (unpaired) electrons. The van der Waals surface area contributed by atoms with Crippen molar-refractivity contribution in [2.45, 2.75) is 31.7 Å². The molecule has 1 amide bonds. The van der Waals surface area contributed by atoms with Gasteiger partial charge in [0.25, 0.3) is 0 Å². The zero-order valence-electron chi connectivity index (χ0n) is 12.1. The number of carboxylic acid groups (broad SMARTS) is 1. The first-order valence-electron chi connectivity index (χ1n) is 7.44. The summed E-state index contributed by atoms with van der Waals surface area (Å²) < 4.78 is 0. The van der Waals surface area contributed by atoms with Gasteiger partial charge < -0.3 is 10.4 Å². The Balaban J connectivity index is 1.65. The molecule has 1 atom stereocenters. The van der Waals surface area contributed by atoms with Gasteiger partial charge in [-0.3, -0.25) is 14.5 Å². The van der Waals surface area contributed by atoms with Gasteiger partial charge in [0.05, 0.1) is 6.54 Å². The van der Waals surface area contributed by atoms with Crippen molar-refractivity contribution in [2.24, 2.45) is 0 Å². The molecule has 0 saturated carbocycles. The van der Waals surface area contributed by atoms with Crippen LogP contribution in [-0.4, -0.2) is 47.6 Å². The van der Waals surface area contributed by atoms with Gasteiger partial charge in [-0.2, -0.15) is 0 Å². The maximum atomic E-state index is 11.8. The van der Waals surface area contributed by atoms with E-state index in [0.717, 1.165) is 19.3 Å². The standard InChI is InChI=1S/C16H22N2O3/c19-15(12-18-11-5-9-14(18)16(20)21)17-10-4-8-13-6-2-1-3-7-13/h1-3,6-7,14H,4-5,8-12H2,(H,17,19)(H,20,21)/t14-/m1/s1. The summed E-state index contributed by atoms with van der Waals surface area (Å²) in [6.45, 7) is 1.50. The molecule has 0 aliphatic carbocycles. The fourth-order valence-electron chi connectivity index (χ4n) is 2.70. The molecule has 5 nitrogen and oxygen atoms in total.